The zero-order valence-corrected chi connectivity index (χ0v) is 12.8. The van der Waals surface area contributed by atoms with Crippen molar-refractivity contribution in [1.29, 1.82) is 0 Å². The molecule has 0 bridgehead atoms. The van der Waals surface area contributed by atoms with E-state index in [1.807, 2.05) is 13.8 Å². The van der Waals surface area contributed by atoms with Gasteiger partial charge >= 0.3 is 0 Å². The van der Waals surface area contributed by atoms with Gasteiger partial charge in [-0.05, 0) is 18.1 Å². The van der Waals surface area contributed by atoms with E-state index in [2.05, 4.69) is 9.88 Å². The zero-order valence-electron chi connectivity index (χ0n) is 12.1. The highest BCUT2D eigenvalue weighted by atomic mass is 35.5. The van der Waals surface area contributed by atoms with Gasteiger partial charge in [0.25, 0.3) is 5.56 Å². The fourth-order valence-electron chi connectivity index (χ4n) is 2.64. The summed E-state index contributed by atoms with van der Waals surface area (Å²) >= 11 is 5.88. The van der Waals surface area contributed by atoms with Crippen molar-refractivity contribution in [1.82, 2.24) is 14.3 Å². The molecule has 3 heterocycles. The molecule has 1 fully saturated rings. The normalized spacial score (nSPS) is 18.1. The molecule has 3 rings (SSSR count). The quantitative estimate of drug-likeness (QED) is 0.935. The largest absolute Gasteiger partial charge is 0.387 e. The lowest BCUT2D eigenvalue weighted by atomic mass is 9.83. The molecule has 0 radical (unpaired) electrons. The third kappa shape index (κ3) is 2.69. The monoisotopic (exact) mass is 307 g/mol. The predicted octanol–water partition coefficient (Wildman–Crippen LogP) is 1.55. The summed E-state index contributed by atoms with van der Waals surface area (Å²) in [4.78, 5) is 18.6. The number of pyridine rings is 1. The Kier molecular flexibility index (Phi) is 3.51. The molecule has 0 aliphatic carbocycles. The molecule has 2 aromatic rings. The Balaban J connectivity index is 1.80. The number of rotatable bonds is 3. The first kappa shape index (κ1) is 14.5. The van der Waals surface area contributed by atoms with Gasteiger partial charge in [0.15, 0.2) is 0 Å². The first-order valence-electron chi connectivity index (χ1n) is 7.00. The standard InChI is InChI=1S/C15H18ClN3O2/c1-10(2)15(21)8-18(9-15)7-12-5-14(20)19-6-11(16)3-4-13(19)17-12/h3-6,10,21H,7-9H2,1-2H3. The lowest BCUT2D eigenvalue weighted by molar-refractivity contribution is -0.131. The van der Waals surface area contributed by atoms with Gasteiger partial charge in [-0.25, -0.2) is 4.98 Å². The molecule has 5 nitrogen and oxygen atoms in total. The molecule has 0 spiro atoms. The van der Waals surface area contributed by atoms with E-state index >= 15 is 0 Å². The van der Waals surface area contributed by atoms with Crippen molar-refractivity contribution in [2.24, 2.45) is 5.92 Å². The fraction of sp³-hybridized carbons (Fsp3) is 0.467. The van der Waals surface area contributed by atoms with Crippen LogP contribution in [0.25, 0.3) is 5.65 Å². The number of aromatic nitrogens is 2. The van der Waals surface area contributed by atoms with Crippen molar-refractivity contribution >= 4 is 17.2 Å². The van der Waals surface area contributed by atoms with Crippen molar-refractivity contribution in [3.05, 3.63) is 45.5 Å². The van der Waals surface area contributed by atoms with Gasteiger partial charge in [0, 0.05) is 31.9 Å². The summed E-state index contributed by atoms with van der Waals surface area (Å²) in [6, 6.07) is 4.97. The summed E-state index contributed by atoms with van der Waals surface area (Å²) in [5.74, 6) is 0.228. The van der Waals surface area contributed by atoms with Crippen molar-refractivity contribution in [2.45, 2.75) is 26.0 Å². The van der Waals surface area contributed by atoms with Crippen LogP contribution in [0.5, 0.6) is 0 Å². The number of likely N-dealkylation sites (tertiary alicyclic amines) is 1. The minimum atomic E-state index is -0.612. The van der Waals surface area contributed by atoms with Crippen LogP contribution in [0.15, 0.2) is 29.2 Å². The topological polar surface area (TPSA) is 57.8 Å². The first-order chi connectivity index (χ1) is 9.87. The van der Waals surface area contributed by atoms with Gasteiger partial charge in [-0.15, -0.1) is 0 Å². The second-order valence-corrected chi connectivity index (χ2v) is 6.50. The molecule has 0 saturated carbocycles. The van der Waals surface area contributed by atoms with Crippen LogP contribution < -0.4 is 5.56 Å². The highest BCUT2D eigenvalue weighted by Gasteiger charge is 2.43. The van der Waals surface area contributed by atoms with Gasteiger partial charge < -0.3 is 5.11 Å². The lowest BCUT2D eigenvalue weighted by Gasteiger charge is -2.49. The molecule has 2 aromatic heterocycles. The Bertz CT molecular complexity index is 735. The van der Waals surface area contributed by atoms with Gasteiger partial charge in [0.1, 0.15) is 5.65 Å². The maximum atomic E-state index is 12.1. The Labute approximate surface area is 127 Å². The van der Waals surface area contributed by atoms with E-state index in [1.54, 1.807) is 18.3 Å². The van der Waals surface area contributed by atoms with E-state index in [4.69, 9.17) is 11.6 Å². The summed E-state index contributed by atoms with van der Waals surface area (Å²) in [6.45, 7) is 5.84. The van der Waals surface area contributed by atoms with Gasteiger partial charge in [0.2, 0.25) is 0 Å². The van der Waals surface area contributed by atoms with Crippen LogP contribution in [0.1, 0.15) is 19.5 Å². The van der Waals surface area contributed by atoms with Crippen molar-refractivity contribution in [2.75, 3.05) is 13.1 Å². The van der Waals surface area contributed by atoms with Crippen LogP contribution in [-0.2, 0) is 6.54 Å². The number of nitrogens with zero attached hydrogens (tertiary/aromatic N) is 3. The van der Waals surface area contributed by atoms with Crippen LogP contribution in [0.2, 0.25) is 5.02 Å². The molecular formula is C15H18ClN3O2. The van der Waals surface area contributed by atoms with Crippen LogP contribution in [0.3, 0.4) is 0 Å². The summed E-state index contributed by atoms with van der Waals surface area (Å²) < 4.78 is 1.44. The smallest absolute Gasteiger partial charge is 0.258 e. The zero-order chi connectivity index (χ0) is 15.2. The Morgan fingerprint density at radius 2 is 2.14 bits per heavy atom. The third-order valence-electron chi connectivity index (χ3n) is 4.13. The molecule has 1 N–H and O–H groups in total. The lowest BCUT2D eigenvalue weighted by Crippen LogP contribution is -2.63. The van der Waals surface area contributed by atoms with Gasteiger partial charge in [-0.2, -0.15) is 0 Å². The Morgan fingerprint density at radius 3 is 2.81 bits per heavy atom. The molecule has 0 unspecified atom stereocenters. The highest BCUT2D eigenvalue weighted by molar-refractivity contribution is 6.30. The van der Waals surface area contributed by atoms with E-state index in [-0.39, 0.29) is 11.5 Å². The molecule has 112 valence electrons. The Hall–Kier alpha value is -1.43. The van der Waals surface area contributed by atoms with E-state index in [9.17, 15) is 9.90 Å². The van der Waals surface area contributed by atoms with Gasteiger partial charge in [0.05, 0.1) is 16.3 Å². The van der Waals surface area contributed by atoms with Crippen LogP contribution >= 0.6 is 11.6 Å². The van der Waals surface area contributed by atoms with E-state index in [0.29, 0.717) is 36.0 Å². The number of hydrogen-bond donors (Lipinski definition) is 1. The Morgan fingerprint density at radius 1 is 1.43 bits per heavy atom. The molecule has 0 aromatic carbocycles. The molecule has 0 amide bonds. The fourth-order valence-corrected chi connectivity index (χ4v) is 2.80. The van der Waals surface area contributed by atoms with Crippen molar-refractivity contribution in [3.63, 3.8) is 0 Å². The summed E-state index contributed by atoms with van der Waals surface area (Å²) in [5.41, 5.74) is 0.547. The predicted molar refractivity (Wildman–Crippen MR) is 81.5 cm³/mol. The number of aliphatic hydroxyl groups is 1. The second-order valence-electron chi connectivity index (χ2n) is 6.06. The molecule has 0 atom stereocenters. The number of fused-ring (bicyclic) bond motifs is 1. The molecule has 1 aliphatic heterocycles. The summed E-state index contributed by atoms with van der Waals surface area (Å²) in [7, 11) is 0. The number of halogens is 1. The molecule has 6 heteroatoms. The molecule has 21 heavy (non-hydrogen) atoms. The maximum Gasteiger partial charge on any atom is 0.258 e. The molecule has 1 aliphatic rings. The van der Waals surface area contributed by atoms with Crippen LogP contribution in [-0.4, -0.2) is 38.1 Å². The molecule has 1 saturated heterocycles. The minimum Gasteiger partial charge on any atom is -0.387 e. The third-order valence-corrected chi connectivity index (χ3v) is 4.36. The SMILES string of the molecule is CC(C)C1(O)CN(Cc2cc(=O)n3cc(Cl)ccc3n2)C1. The first-order valence-corrected chi connectivity index (χ1v) is 7.38. The summed E-state index contributed by atoms with van der Waals surface area (Å²) in [5, 5.41) is 10.8. The number of β-amino-alcohol motifs (C(OH)–C–C–N with tert-alkyl or cyclic N) is 1. The van der Waals surface area contributed by atoms with Crippen LogP contribution in [0.4, 0.5) is 0 Å². The number of hydrogen-bond acceptors (Lipinski definition) is 4. The maximum absolute atomic E-state index is 12.1. The van der Waals surface area contributed by atoms with E-state index < -0.39 is 5.60 Å². The van der Waals surface area contributed by atoms with E-state index in [1.165, 1.54) is 10.5 Å². The van der Waals surface area contributed by atoms with Crippen molar-refractivity contribution < 1.29 is 5.11 Å². The van der Waals surface area contributed by atoms with Crippen LogP contribution in [0, 0.1) is 5.92 Å². The average molecular weight is 308 g/mol. The van der Waals surface area contributed by atoms with Crippen molar-refractivity contribution in [3.8, 4) is 0 Å². The van der Waals surface area contributed by atoms with E-state index in [0.717, 1.165) is 0 Å². The minimum absolute atomic E-state index is 0.142. The second kappa shape index (κ2) is 5.09. The van der Waals surface area contributed by atoms with Gasteiger partial charge in [-0.1, -0.05) is 25.4 Å². The summed E-state index contributed by atoms with van der Waals surface area (Å²) in [6.07, 6.45) is 1.57. The average Bonchev–Trinajstić information content (AvgIpc) is 2.37. The van der Waals surface area contributed by atoms with Gasteiger partial charge in [-0.3, -0.25) is 14.1 Å². The highest BCUT2D eigenvalue weighted by Crippen LogP contribution is 2.29. The molecular weight excluding hydrogens is 290 g/mol.